The molecule has 11 heteroatoms. The number of ether oxygens (including phenoxy) is 2. The maximum atomic E-state index is 17.2. The lowest BCUT2D eigenvalue weighted by molar-refractivity contribution is -0.0246. The second-order valence-corrected chi connectivity index (χ2v) is 13.3. The molecule has 3 N–H and O–H groups in total. The SMILES string of the molecule is C#Cc1c(F)ccc2cc(O)cc(-c3nc(C4(CN5CCOCC5)CC4)c4c(C5NCC(C)CC5(C)O)nc(OC)nc4c3F)c12. The number of phenolic OH excluding ortho intramolecular Hbond substituents is 1. The van der Waals surface area contributed by atoms with E-state index >= 15 is 8.78 Å². The van der Waals surface area contributed by atoms with Crippen LogP contribution in [0.25, 0.3) is 32.9 Å². The lowest BCUT2D eigenvalue weighted by Gasteiger charge is -2.41. The van der Waals surface area contributed by atoms with Crippen LogP contribution < -0.4 is 10.1 Å². The molecule has 3 atom stereocenters. The zero-order chi connectivity index (χ0) is 32.4. The first-order valence-corrected chi connectivity index (χ1v) is 15.7. The highest BCUT2D eigenvalue weighted by molar-refractivity contribution is 6.03. The van der Waals surface area contributed by atoms with Crippen LogP contribution in [-0.2, 0) is 10.2 Å². The number of aliphatic hydroxyl groups is 1. The smallest absolute Gasteiger partial charge is 0.317 e. The van der Waals surface area contributed by atoms with Crippen LogP contribution in [0.1, 0.15) is 56.1 Å². The molecule has 3 unspecified atom stereocenters. The number of aromatic hydroxyl groups is 1. The standard InChI is InChI=1S/C35H37F2N5O4/c1-5-22-24(36)7-6-20-14-21(43)15-23(25(20)22)28-27(37)29-26(31(39-28)35(8-9-35)18-42-10-12-46-13-11-42)30(41-33(40-29)45-4)32-34(3,44)16-19(2)17-38-32/h1,6-7,14-15,19,32,38,43-44H,8-13,16-18H2,2-4H3. The Bertz CT molecular complexity index is 1900. The number of fused-ring (bicyclic) bond motifs is 2. The van der Waals surface area contributed by atoms with Crippen LogP contribution in [0.2, 0.25) is 0 Å². The summed E-state index contributed by atoms with van der Waals surface area (Å²) in [5, 5.41) is 27.0. The molecule has 0 spiro atoms. The van der Waals surface area contributed by atoms with Gasteiger partial charge in [0.25, 0.3) is 0 Å². The van der Waals surface area contributed by atoms with Crippen molar-refractivity contribution in [2.45, 2.75) is 50.2 Å². The molecule has 2 aromatic carbocycles. The summed E-state index contributed by atoms with van der Waals surface area (Å²) in [5.41, 5.74) is -0.707. The molecule has 1 saturated carbocycles. The van der Waals surface area contributed by atoms with Crippen molar-refractivity contribution >= 4 is 21.7 Å². The fraction of sp³-hybridized carbons (Fsp3) is 0.457. The number of terminal acetylenes is 1. The molecule has 4 aromatic rings. The van der Waals surface area contributed by atoms with Crippen molar-refractivity contribution in [3.63, 3.8) is 0 Å². The van der Waals surface area contributed by atoms with Gasteiger partial charge >= 0.3 is 6.01 Å². The van der Waals surface area contributed by atoms with Crippen molar-refractivity contribution in [3.8, 4) is 35.4 Å². The molecule has 9 nitrogen and oxygen atoms in total. The highest BCUT2D eigenvalue weighted by atomic mass is 19.1. The third-order valence-corrected chi connectivity index (χ3v) is 9.74. The molecular formula is C35H37F2N5O4. The molecule has 7 rings (SSSR count). The number of nitrogens with zero attached hydrogens (tertiary/aromatic N) is 4. The molecule has 1 aliphatic carbocycles. The fourth-order valence-corrected chi connectivity index (χ4v) is 7.43. The number of aromatic nitrogens is 3. The summed E-state index contributed by atoms with van der Waals surface area (Å²) >= 11 is 0. The van der Waals surface area contributed by atoms with E-state index in [9.17, 15) is 10.2 Å². The first-order chi connectivity index (χ1) is 22.0. The van der Waals surface area contributed by atoms with E-state index in [4.69, 9.17) is 25.9 Å². The van der Waals surface area contributed by atoms with Crippen LogP contribution in [0, 0.1) is 29.9 Å². The van der Waals surface area contributed by atoms with E-state index in [1.807, 2.05) is 0 Å². The van der Waals surface area contributed by atoms with Gasteiger partial charge in [-0.25, -0.2) is 13.8 Å². The fourth-order valence-electron chi connectivity index (χ4n) is 7.43. The maximum absolute atomic E-state index is 17.2. The van der Waals surface area contributed by atoms with Gasteiger partial charge in [0.05, 0.1) is 48.9 Å². The van der Waals surface area contributed by atoms with Crippen LogP contribution in [0.3, 0.4) is 0 Å². The summed E-state index contributed by atoms with van der Waals surface area (Å²) in [6.45, 7) is 7.85. The largest absolute Gasteiger partial charge is 0.508 e. The van der Waals surface area contributed by atoms with Gasteiger partial charge in [0.15, 0.2) is 5.82 Å². The van der Waals surface area contributed by atoms with Gasteiger partial charge in [-0.05, 0) is 62.2 Å². The third kappa shape index (κ3) is 5.14. The highest BCUT2D eigenvalue weighted by Crippen LogP contribution is 2.53. The van der Waals surface area contributed by atoms with Crippen LogP contribution in [0.4, 0.5) is 8.78 Å². The minimum atomic E-state index is -1.21. The quantitative estimate of drug-likeness (QED) is 0.264. The predicted octanol–water partition coefficient (Wildman–Crippen LogP) is 4.60. The molecule has 2 aliphatic heterocycles. The Hall–Kier alpha value is -3.95. The monoisotopic (exact) mass is 629 g/mol. The van der Waals surface area contributed by atoms with Crippen LogP contribution in [-0.4, -0.2) is 82.2 Å². The Labute approximate surface area is 266 Å². The normalized spacial score (nSPS) is 24.6. The number of benzene rings is 2. The van der Waals surface area contributed by atoms with E-state index in [0.717, 1.165) is 25.9 Å². The molecule has 0 radical (unpaired) electrons. The lowest BCUT2D eigenvalue weighted by Crippen LogP contribution is -2.50. The average molecular weight is 630 g/mol. The Morgan fingerprint density at radius 1 is 1.15 bits per heavy atom. The first kappa shape index (κ1) is 30.7. The molecule has 2 aromatic heterocycles. The highest BCUT2D eigenvalue weighted by Gasteiger charge is 2.50. The number of hydrogen-bond acceptors (Lipinski definition) is 9. The van der Waals surface area contributed by atoms with E-state index in [0.29, 0.717) is 54.9 Å². The van der Waals surface area contributed by atoms with Crippen molar-refractivity contribution in [2.24, 2.45) is 5.92 Å². The number of morpholine rings is 1. The molecule has 0 bridgehead atoms. The summed E-state index contributed by atoms with van der Waals surface area (Å²) in [4.78, 5) is 16.7. The third-order valence-electron chi connectivity index (χ3n) is 9.74. The molecule has 0 amide bonds. The number of nitrogens with one attached hydrogen (secondary N) is 1. The number of hydrogen-bond donors (Lipinski definition) is 3. The topological polar surface area (TPSA) is 113 Å². The Morgan fingerprint density at radius 2 is 1.91 bits per heavy atom. The molecule has 3 fully saturated rings. The summed E-state index contributed by atoms with van der Waals surface area (Å²) in [6.07, 6.45) is 7.86. The number of rotatable bonds is 6. The van der Waals surface area contributed by atoms with Crippen LogP contribution >= 0.6 is 0 Å². The van der Waals surface area contributed by atoms with Gasteiger partial charge in [-0.1, -0.05) is 18.9 Å². The molecular weight excluding hydrogens is 592 g/mol. The van der Waals surface area contributed by atoms with Crippen molar-refractivity contribution in [2.75, 3.05) is 46.5 Å². The molecule has 2 saturated heterocycles. The molecule has 3 aliphatic rings. The van der Waals surface area contributed by atoms with E-state index in [-0.39, 0.29) is 45.4 Å². The zero-order valence-electron chi connectivity index (χ0n) is 26.2. The average Bonchev–Trinajstić information content (AvgIpc) is 3.81. The summed E-state index contributed by atoms with van der Waals surface area (Å²) < 4.78 is 43.3. The number of methoxy groups -OCH3 is 1. The Morgan fingerprint density at radius 3 is 2.59 bits per heavy atom. The van der Waals surface area contributed by atoms with Gasteiger partial charge in [0, 0.05) is 41.4 Å². The minimum absolute atomic E-state index is 0.0264. The second kappa shape index (κ2) is 11.4. The van der Waals surface area contributed by atoms with Crippen molar-refractivity contribution < 1.29 is 28.5 Å². The van der Waals surface area contributed by atoms with Crippen molar-refractivity contribution in [3.05, 3.63) is 52.9 Å². The molecule has 4 heterocycles. The Balaban J connectivity index is 1.56. The van der Waals surface area contributed by atoms with Gasteiger partial charge in [-0.15, -0.1) is 6.42 Å². The minimum Gasteiger partial charge on any atom is -0.508 e. The number of piperidine rings is 1. The van der Waals surface area contributed by atoms with Gasteiger partial charge in [0.2, 0.25) is 0 Å². The van der Waals surface area contributed by atoms with Gasteiger partial charge in [-0.2, -0.15) is 9.97 Å². The second-order valence-electron chi connectivity index (χ2n) is 13.3. The summed E-state index contributed by atoms with van der Waals surface area (Å²) in [6, 6.07) is 4.83. The predicted molar refractivity (Wildman–Crippen MR) is 170 cm³/mol. The number of pyridine rings is 1. The van der Waals surface area contributed by atoms with Gasteiger partial charge < -0.3 is 25.0 Å². The maximum Gasteiger partial charge on any atom is 0.317 e. The van der Waals surface area contributed by atoms with E-state index in [1.165, 1.54) is 31.4 Å². The zero-order valence-corrected chi connectivity index (χ0v) is 26.2. The summed E-state index contributed by atoms with van der Waals surface area (Å²) in [7, 11) is 1.41. The Kier molecular flexibility index (Phi) is 7.60. The van der Waals surface area contributed by atoms with Crippen molar-refractivity contribution in [1.82, 2.24) is 25.2 Å². The van der Waals surface area contributed by atoms with Gasteiger partial charge in [-0.3, -0.25) is 4.90 Å². The van der Waals surface area contributed by atoms with Crippen LogP contribution in [0.15, 0.2) is 24.3 Å². The first-order valence-electron chi connectivity index (χ1n) is 15.7. The van der Waals surface area contributed by atoms with Crippen molar-refractivity contribution in [1.29, 1.82) is 0 Å². The lowest BCUT2D eigenvalue weighted by atomic mass is 9.79. The van der Waals surface area contributed by atoms with E-state index in [1.54, 1.807) is 6.92 Å². The molecule has 240 valence electrons. The molecule has 46 heavy (non-hydrogen) atoms. The van der Waals surface area contributed by atoms with E-state index < -0.39 is 28.7 Å². The van der Waals surface area contributed by atoms with Crippen LogP contribution in [0.5, 0.6) is 11.8 Å². The van der Waals surface area contributed by atoms with Gasteiger partial charge in [0.1, 0.15) is 22.8 Å². The summed E-state index contributed by atoms with van der Waals surface area (Å²) in [5.74, 6) is 1.05. The number of phenols is 1. The van der Waals surface area contributed by atoms with E-state index in [2.05, 4.69) is 28.0 Å². The number of halogens is 2.